The van der Waals surface area contributed by atoms with Crippen LogP contribution in [-0.2, 0) is 0 Å². The number of hydrogen-bond acceptors (Lipinski definition) is 8. The molecule has 1 N–H and O–H groups in total. The fourth-order valence-electron chi connectivity index (χ4n) is 4.05. The number of aliphatic hydroxyl groups excluding tert-OH is 1. The van der Waals surface area contributed by atoms with Crippen LogP contribution in [0.15, 0.2) is 53.7 Å². The number of fused-ring (bicyclic) bond motifs is 1. The molecule has 8 nitrogen and oxygen atoms in total. The van der Waals surface area contributed by atoms with Crippen molar-refractivity contribution < 1.29 is 9.84 Å². The molecule has 0 spiro atoms. The topological polar surface area (TPSA) is 109 Å². The molecule has 3 heterocycles. The van der Waals surface area contributed by atoms with Crippen LogP contribution in [0.3, 0.4) is 0 Å². The molecule has 8 heteroatoms. The van der Waals surface area contributed by atoms with Gasteiger partial charge < -0.3 is 19.6 Å². The molecule has 2 aromatic rings. The Morgan fingerprint density at radius 1 is 1.15 bits per heavy atom. The van der Waals surface area contributed by atoms with E-state index in [0.29, 0.717) is 18.2 Å². The lowest BCUT2D eigenvalue weighted by molar-refractivity contribution is 0.166. The van der Waals surface area contributed by atoms with Gasteiger partial charge in [-0.15, -0.1) is 0 Å². The van der Waals surface area contributed by atoms with Gasteiger partial charge in [-0.25, -0.2) is 9.98 Å². The molecule has 0 saturated heterocycles. The van der Waals surface area contributed by atoms with Gasteiger partial charge in [-0.1, -0.05) is 32.9 Å². The SMILES string of the molecule is CN1c2cc(C3N=C(Oc4ccnc(C#N)c4)C=CC3C#N)ccc2N(CC(C)(C)C)C1O. The number of pyridine rings is 1. The zero-order valence-electron chi connectivity index (χ0n) is 19.1. The molecule has 2 aliphatic heterocycles. The van der Waals surface area contributed by atoms with Crippen LogP contribution in [0.1, 0.15) is 38.1 Å². The van der Waals surface area contributed by atoms with E-state index in [1.165, 1.54) is 12.3 Å². The van der Waals surface area contributed by atoms with Crippen LogP contribution >= 0.6 is 0 Å². The van der Waals surface area contributed by atoms with Crippen molar-refractivity contribution in [3.63, 3.8) is 0 Å². The zero-order chi connectivity index (χ0) is 23.8. The zero-order valence-corrected chi connectivity index (χ0v) is 19.1. The Morgan fingerprint density at radius 3 is 2.64 bits per heavy atom. The monoisotopic (exact) mass is 442 g/mol. The smallest absolute Gasteiger partial charge is 0.215 e. The van der Waals surface area contributed by atoms with Gasteiger partial charge in [0.25, 0.3) is 0 Å². The van der Waals surface area contributed by atoms with Crippen LogP contribution in [0, 0.1) is 34.0 Å². The van der Waals surface area contributed by atoms with Crippen LogP contribution in [0.4, 0.5) is 11.4 Å². The minimum absolute atomic E-state index is 0.0110. The van der Waals surface area contributed by atoms with E-state index in [1.807, 2.05) is 41.1 Å². The minimum Gasteiger partial charge on any atom is -0.439 e. The third-order valence-corrected chi connectivity index (χ3v) is 5.57. The predicted molar refractivity (Wildman–Crippen MR) is 126 cm³/mol. The van der Waals surface area contributed by atoms with Gasteiger partial charge in [-0.2, -0.15) is 10.5 Å². The van der Waals surface area contributed by atoms with Gasteiger partial charge in [0.2, 0.25) is 12.2 Å². The van der Waals surface area contributed by atoms with Crippen molar-refractivity contribution in [1.82, 2.24) is 4.98 Å². The summed E-state index contributed by atoms with van der Waals surface area (Å²) in [6, 6.07) is 12.9. The summed E-state index contributed by atoms with van der Waals surface area (Å²) in [5, 5.41) is 29.6. The van der Waals surface area contributed by atoms with Gasteiger partial charge in [-0.05, 0) is 35.3 Å². The first-order valence-electron chi connectivity index (χ1n) is 10.7. The number of nitrogens with zero attached hydrogens (tertiary/aromatic N) is 6. The standard InChI is InChI=1S/C25H26N6O2/c1-25(2,3)15-31-20-7-5-16(11-21(20)30(4)24(31)32)23-17(13-26)6-8-22(29-23)33-19-9-10-28-18(12-19)14-27/h5-12,17,23-24,32H,15H2,1-4H3. The maximum absolute atomic E-state index is 10.8. The van der Waals surface area contributed by atoms with Gasteiger partial charge in [0, 0.05) is 25.9 Å². The summed E-state index contributed by atoms with van der Waals surface area (Å²) in [5.74, 6) is 0.350. The number of nitriles is 2. The molecule has 1 aromatic carbocycles. The highest BCUT2D eigenvalue weighted by molar-refractivity contribution is 5.90. The fourth-order valence-corrected chi connectivity index (χ4v) is 4.05. The van der Waals surface area contributed by atoms with E-state index in [1.54, 1.807) is 18.2 Å². The number of ether oxygens (including phenoxy) is 1. The average molecular weight is 443 g/mol. The van der Waals surface area contributed by atoms with Gasteiger partial charge in [0.15, 0.2) is 0 Å². The third kappa shape index (κ3) is 4.52. The normalized spacial score (nSPS) is 21.8. The largest absolute Gasteiger partial charge is 0.439 e. The molecular formula is C25H26N6O2. The van der Waals surface area contributed by atoms with Gasteiger partial charge in [-0.3, -0.25) is 0 Å². The molecule has 0 radical (unpaired) electrons. The lowest BCUT2D eigenvalue weighted by Gasteiger charge is -2.32. The number of aliphatic imine (C=N–C) groups is 1. The number of hydrogen-bond donors (Lipinski definition) is 1. The van der Waals surface area contributed by atoms with E-state index < -0.39 is 18.3 Å². The lowest BCUT2D eigenvalue weighted by Crippen LogP contribution is -2.44. The van der Waals surface area contributed by atoms with Gasteiger partial charge in [0.1, 0.15) is 17.5 Å². The summed E-state index contributed by atoms with van der Waals surface area (Å²) in [6.45, 7) is 7.11. The Morgan fingerprint density at radius 2 is 1.94 bits per heavy atom. The van der Waals surface area contributed by atoms with Crippen LogP contribution in [0.25, 0.3) is 0 Å². The maximum atomic E-state index is 10.8. The maximum Gasteiger partial charge on any atom is 0.215 e. The Bertz CT molecular complexity index is 1200. The molecule has 3 atom stereocenters. The summed E-state index contributed by atoms with van der Waals surface area (Å²) in [5.41, 5.74) is 2.96. The second-order valence-corrected chi connectivity index (χ2v) is 9.41. The summed E-state index contributed by atoms with van der Waals surface area (Å²) in [4.78, 5) is 12.4. The van der Waals surface area contributed by atoms with Crippen molar-refractivity contribution in [2.45, 2.75) is 33.2 Å². The van der Waals surface area contributed by atoms with Crippen molar-refractivity contribution in [2.24, 2.45) is 16.3 Å². The average Bonchev–Trinajstić information content (AvgIpc) is 3.02. The van der Waals surface area contributed by atoms with Crippen molar-refractivity contribution in [1.29, 1.82) is 10.5 Å². The lowest BCUT2D eigenvalue weighted by atomic mass is 9.91. The number of anilines is 2. The highest BCUT2D eigenvalue weighted by Crippen LogP contribution is 2.42. The third-order valence-electron chi connectivity index (χ3n) is 5.57. The fraction of sp³-hybridized carbons (Fsp3) is 0.360. The molecular weight excluding hydrogens is 416 g/mol. The molecule has 3 unspecified atom stereocenters. The van der Waals surface area contributed by atoms with E-state index in [0.717, 1.165) is 16.9 Å². The molecule has 1 aromatic heterocycles. The first kappa shape index (κ1) is 22.3. The highest BCUT2D eigenvalue weighted by Gasteiger charge is 2.35. The second-order valence-electron chi connectivity index (χ2n) is 9.41. The molecule has 4 rings (SSSR count). The van der Waals surface area contributed by atoms with Crippen molar-refractivity contribution in [2.75, 3.05) is 23.4 Å². The Labute approximate surface area is 193 Å². The Balaban J connectivity index is 1.65. The van der Waals surface area contributed by atoms with E-state index >= 15 is 0 Å². The molecule has 0 bridgehead atoms. The van der Waals surface area contributed by atoms with Crippen LogP contribution in [0.2, 0.25) is 0 Å². The van der Waals surface area contributed by atoms with E-state index in [2.05, 4.69) is 31.8 Å². The minimum atomic E-state index is -0.754. The quantitative estimate of drug-likeness (QED) is 0.771. The van der Waals surface area contributed by atoms with Crippen LogP contribution < -0.4 is 14.5 Å². The van der Waals surface area contributed by atoms with E-state index in [9.17, 15) is 10.4 Å². The first-order valence-corrected chi connectivity index (χ1v) is 10.7. The number of rotatable bonds is 3. The number of benzene rings is 1. The van der Waals surface area contributed by atoms with Gasteiger partial charge >= 0.3 is 0 Å². The first-order chi connectivity index (χ1) is 15.7. The molecule has 168 valence electrons. The van der Waals surface area contributed by atoms with Gasteiger partial charge in [0.05, 0.1) is 29.4 Å². The van der Waals surface area contributed by atoms with Crippen molar-refractivity contribution in [3.05, 3.63) is 59.9 Å². The van der Waals surface area contributed by atoms with Crippen molar-refractivity contribution >= 4 is 17.3 Å². The number of aromatic nitrogens is 1. The molecule has 0 saturated carbocycles. The van der Waals surface area contributed by atoms with Crippen LogP contribution in [0.5, 0.6) is 5.75 Å². The van der Waals surface area contributed by atoms with Crippen LogP contribution in [-0.4, -0.2) is 35.9 Å². The second kappa shape index (κ2) is 8.57. The van der Waals surface area contributed by atoms with E-state index in [-0.39, 0.29) is 11.1 Å². The predicted octanol–water partition coefficient (Wildman–Crippen LogP) is 3.76. The summed E-state index contributed by atoms with van der Waals surface area (Å²) >= 11 is 0. The number of dihydropyridines is 1. The molecule has 0 amide bonds. The number of aliphatic hydroxyl groups is 1. The Kier molecular flexibility index (Phi) is 5.80. The Hall–Kier alpha value is -3.88. The highest BCUT2D eigenvalue weighted by atomic mass is 16.5. The van der Waals surface area contributed by atoms with Crippen molar-refractivity contribution in [3.8, 4) is 17.9 Å². The molecule has 0 fully saturated rings. The summed E-state index contributed by atoms with van der Waals surface area (Å²) in [7, 11) is 1.85. The molecule has 0 aliphatic carbocycles. The summed E-state index contributed by atoms with van der Waals surface area (Å²) < 4.78 is 5.85. The summed E-state index contributed by atoms with van der Waals surface area (Å²) in [6.07, 6.45) is 4.19. The van der Waals surface area contributed by atoms with E-state index in [4.69, 9.17) is 15.0 Å². The molecule has 33 heavy (non-hydrogen) atoms. The molecule has 2 aliphatic rings.